The van der Waals surface area contributed by atoms with Gasteiger partial charge < -0.3 is 10.2 Å². The highest BCUT2D eigenvalue weighted by atomic mass is 16.3. The minimum absolute atomic E-state index is 0.00555. The lowest BCUT2D eigenvalue weighted by Crippen LogP contribution is -2.55. The van der Waals surface area contributed by atoms with E-state index < -0.39 is 0 Å². The van der Waals surface area contributed by atoms with E-state index in [1.807, 2.05) is 0 Å². The maximum Gasteiger partial charge on any atom is 0.0756 e. The summed E-state index contributed by atoms with van der Waals surface area (Å²) in [6, 6.07) is 0. The Labute approximate surface area is 136 Å². The quantitative estimate of drug-likeness (QED) is 0.752. The van der Waals surface area contributed by atoms with Gasteiger partial charge in [0.2, 0.25) is 0 Å². The van der Waals surface area contributed by atoms with Crippen molar-refractivity contribution in [3.8, 4) is 0 Å². The molecule has 0 aromatic heterocycles. The van der Waals surface area contributed by atoms with Crippen LogP contribution in [0.4, 0.5) is 0 Å². The summed E-state index contributed by atoms with van der Waals surface area (Å²) in [5, 5.41) is 20.8. The molecular weight excluding hydrogens is 272 g/mol. The van der Waals surface area contributed by atoms with Gasteiger partial charge in [-0.05, 0) is 72.2 Å². The molecule has 3 aliphatic carbocycles. The van der Waals surface area contributed by atoms with Gasteiger partial charge >= 0.3 is 0 Å². The second kappa shape index (κ2) is 5.63. The number of rotatable bonds is 2. The molecule has 3 aliphatic rings. The largest absolute Gasteiger partial charge is 0.396 e. The van der Waals surface area contributed by atoms with Crippen molar-refractivity contribution in [2.24, 2.45) is 34.5 Å². The van der Waals surface area contributed by atoms with E-state index in [0.29, 0.717) is 23.7 Å². The monoisotopic (exact) mass is 306 g/mol. The van der Waals surface area contributed by atoms with Crippen LogP contribution in [0.25, 0.3) is 0 Å². The molecule has 0 unspecified atom stereocenters. The lowest BCUT2D eigenvalue weighted by molar-refractivity contribution is -0.112. The molecule has 6 atom stereocenters. The number of hydrogen-bond donors (Lipinski definition) is 2. The molecule has 2 fully saturated rings. The third kappa shape index (κ3) is 2.38. The summed E-state index contributed by atoms with van der Waals surface area (Å²) in [6.45, 7) is 9.55. The highest BCUT2D eigenvalue weighted by Crippen LogP contribution is 2.63. The van der Waals surface area contributed by atoms with Gasteiger partial charge in [0.15, 0.2) is 0 Å². The normalized spacial score (nSPS) is 48.6. The second-order valence-corrected chi connectivity index (χ2v) is 9.18. The van der Waals surface area contributed by atoms with Crippen molar-refractivity contribution >= 4 is 0 Å². The molecule has 126 valence electrons. The van der Waals surface area contributed by atoms with Gasteiger partial charge in [-0.15, -0.1) is 0 Å². The van der Waals surface area contributed by atoms with Crippen molar-refractivity contribution < 1.29 is 10.2 Å². The van der Waals surface area contributed by atoms with Crippen molar-refractivity contribution in [1.29, 1.82) is 0 Å². The van der Waals surface area contributed by atoms with Gasteiger partial charge in [-0.1, -0.05) is 40.2 Å². The zero-order valence-corrected chi connectivity index (χ0v) is 14.8. The van der Waals surface area contributed by atoms with Crippen LogP contribution in [0.5, 0.6) is 0 Å². The highest BCUT2D eigenvalue weighted by molar-refractivity contribution is 5.26. The van der Waals surface area contributed by atoms with Crippen LogP contribution in [0, 0.1) is 34.5 Å². The summed E-state index contributed by atoms with van der Waals surface area (Å²) in [7, 11) is 0. The minimum atomic E-state index is -0.284. The second-order valence-electron chi connectivity index (χ2n) is 9.18. The van der Waals surface area contributed by atoms with Gasteiger partial charge in [0.25, 0.3) is 0 Å². The summed E-state index contributed by atoms with van der Waals surface area (Å²) in [4.78, 5) is 0. The van der Waals surface area contributed by atoms with Crippen molar-refractivity contribution in [2.45, 2.75) is 72.3 Å². The summed E-state index contributed by atoms with van der Waals surface area (Å²) in [5.41, 5.74) is 1.60. The fourth-order valence-electron chi connectivity index (χ4n) is 6.09. The molecule has 0 amide bonds. The highest BCUT2D eigenvalue weighted by Gasteiger charge is 2.57. The molecule has 2 saturated carbocycles. The standard InChI is InChI=1S/C20H34O2/c1-13(2)14-6-7-16-15(10-14)17(22)11-18-19(3,12-21)8-5-9-20(16,18)4/h10,13-14,16-18,21-22H,5-9,11-12H2,1-4H3/t14-,16+,17-,18+,19+,20-/m1/s1. The molecule has 0 heterocycles. The first kappa shape index (κ1) is 16.5. The lowest BCUT2D eigenvalue weighted by atomic mass is 9.45. The zero-order valence-electron chi connectivity index (χ0n) is 14.8. The number of allylic oxidation sites excluding steroid dienone is 1. The first-order chi connectivity index (χ1) is 10.3. The summed E-state index contributed by atoms with van der Waals surface area (Å²) < 4.78 is 0. The van der Waals surface area contributed by atoms with E-state index in [4.69, 9.17) is 0 Å². The molecule has 2 nitrogen and oxygen atoms in total. The SMILES string of the molecule is CC(C)[C@H]1C=C2[C@H](O)C[C@H]3[C@](C)(CO)CCC[C@]3(C)[C@H]2CC1. The van der Waals surface area contributed by atoms with Crippen LogP contribution < -0.4 is 0 Å². The van der Waals surface area contributed by atoms with Crippen molar-refractivity contribution in [3.05, 3.63) is 11.6 Å². The fourth-order valence-corrected chi connectivity index (χ4v) is 6.09. The van der Waals surface area contributed by atoms with Crippen LogP contribution in [-0.4, -0.2) is 22.9 Å². The van der Waals surface area contributed by atoms with E-state index in [0.717, 1.165) is 12.8 Å². The van der Waals surface area contributed by atoms with Crippen molar-refractivity contribution in [2.75, 3.05) is 6.61 Å². The Morgan fingerprint density at radius 2 is 1.95 bits per heavy atom. The fraction of sp³-hybridized carbons (Fsp3) is 0.900. The van der Waals surface area contributed by atoms with Crippen LogP contribution >= 0.6 is 0 Å². The third-order valence-corrected chi connectivity index (χ3v) is 7.56. The molecule has 0 saturated heterocycles. The molecule has 0 spiro atoms. The Morgan fingerprint density at radius 3 is 2.59 bits per heavy atom. The van der Waals surface area contributed by atoms with Gasteiger partial charge in [-0.3, -0.25) is 0 Å². The van der Waals surface area contributed by atoms with E-state index in [1.54, 1.807) is 0 Å². The molecular formula is C20H34O2. The molecule has 2 N–H and O–H groups in total. The Balaban J connectivity index is 1.97. The molecule has 2 heteroatoms. The maximum absolute atomic E-state index is 10.8. The number of fused-ring (bicyclic) bond motifs is 3. The van der Waals surface area contributed by atoms with Crippen LogP contribution in [0.3, 0.4) is 0 Å². The number of aliphatic hydroxyl groups excluding tert-OH is 2. The lowest BCUT2D eigenvalue weighted by Gasteiger charge is -2.60. The van der Waals surface area contributed by atoms with Gasteiger partial charge in [0.05, 0.1) is 6.10 Å². The Bertz CT molecular complexity index is 455. The summed E-state index contributed by atoms with van der Waals surface area (Å²) >= 11 is 0. The minimum Gasteiger partial charge on any atom is -0.396 e. The maximum atomic E-state index is 10.8. The predicted molar refractivity (Wildman–Crippen MR) is 90.4 cm³/mol. The van der Waals surface area contributed by atoms with E-state index in [9.17, 15) is 10.2 Å². The topological polar surface area (TPSA) is 40.5 Å². The van der Waals surface area contributed by atoms with Gasteiger partial charge in [-0.25, -0.2) is 0 Å². The van der Waals surface area contributed by atoms with Crippen LogP contribution in [0.1, 0.15) is 66.2 Å². The van der Waals surface area contributed by atoms with E-state index in [1.165, 1.54) is 31.3 Å². The molecule has 0 bridgehead atoms. The Morgan fingerprint density at radius 1 is 1.23 bits per heavy atom. The third-order valence-electron chi connectivity index (χ3n) is 7.56. The molecule has 0 aromatic rings. The summed E-state index contributed by atoms with van der Waals surface area (Å²) in [6.07, 6.45) is 9.06. The summed E-state index contributed by atoms with van der Waals surface area (Å²) in [5.74, 6) is 2.28. The molecule has 0 aliphatic heterocycles. The van der Waals surface area contributed by atoms with Gasteiger partial charge in [0.1, 0.15) is 0 Å². The molecule has 0 radical (unpaired) electrons. The van der Waals surface area contributed by atoms with Crippen molar-refractivity contribution in [1.82, 2.24) is 0 Å². The first-order valence-corrected chi connectivity index (χ1v) is 9.32. The average molecular weight is 306 g/mol. The van der Waals surface area contributed by atoms with Crippen LogP contribution in [-0.2, 0) is 0 Å². The van der Waals surface area contributed by atoms with E-state index in [2.05, 4.69) is 33.8 Å². The first-order valence-electron chi connectivity index (χ1n) is 9.32. The smallest absolute Gasteiger partial charge is 0.0756 e. The predicted octanol–water partition coefficient (Wildman–Crippen LogP) is 4.16. The van der Waals surface area contributed by atoms with E-state index >= 15 is 0 Å². The Kier molecular flexibility index (Phi) is 4.23. The van der Waals surface area contributed by atoms with Crippen LogP contribution in [0.15, 0.2) is 11.6 Å². The number of hydrogen-bond acceptors (Lipinski definition) is 2. The van der Waals surface area contributed by atoms with Crippen LogP contribution in [0.2, 0.25) is 0 Å². The average Bonchev–Trinajstić information content (AvgIpc) is 2.49. The van der Waals surface area contributed by atoms with Gasteiger partial charge in [0, 0.05) is 6.61 Å². The molecule has 0 aromatic carbocycles. The van der Waals surface area contributed by atoms with E-state index in [-0.39, 0.29) is 23.5 Å². The molecule has 22 heavy (non-hydrogen) atoms. The van der Waals surface area contributed by atoms with Crippen molar-refractivity contribution in [3.63, 3.8) is 0 Å². The van der Waals surface area contributed by atoms with Gasteiger partial charge in [-0.2, -0.15) is 0 Å². The molecule has 3 rings (SSSR count). The Hall–Kier alpha value is -0.340. The zero-order chi connectivity index (χ0) is 16.1. The number of aliphatic hydroxyl groups is 2.